The van der Waals surface area contributed by atoms with Crippen LogP contribution in [0.15, 0.2) is 41.5 Å². The number of thioether (sulfide) groups is 1. The summed E-state index contributed by atoms with van der Waals surface area (Å²) in [5.41, 5.74) is 3.39. The maximum Gasteiger partial charge on any atom is 0.161 e. The fourth-order valence-electron chi connectivity index (χ4n) is 3.77. The molecule has 26 heavy (non-hydrogen) atoms. The molecule has 0 saturated carbocycles. The molecule has 2 aromatic rings. The lowest BCUT2D eigenvalue weighted by Gasteiger charge is -2.29. The van der Waals surface area contributed by atoms with Crippen LogP contribution in [0.5, 0.6) is 11.5 Å². The summed E-state index contributed by atoms with van der Waals surface area (Å²) in [6, 6.07) is 10.3. The number of hydrogen-bond acceptors (Lipinski definition) is 6. The Labute approximate surface area is 158 Å². The van der Waals surface area contributed by atoms with Crippen molar-refractivity contribution in [1.29, 1.82) is 0 Å². The monoisotopic (exact) mass is 369 g/mol. The topological polar surface area (TPSA) is 47.0 Å². The molecule has 0 amide bonds. The first-order valence-corrected chi connectivity index (χ1v) is 9.65. The Balaban J connectivity index is 1.82. The summed E-state index contributed by atoms with van der Waals surface area (Å²) < 4.78 is 11.0. The predicted molar refractivity (Wildman–Crippen MR) is 105 cm³/mol. The molecule has 0 unspecified atom stereocenters. The Bertz CT molecular complexity index is 840. The van der Waals surface area contributed by atoms with E-state index in [-0.39, 0.29) is 12.1 Å². The van der Waals surface area contributed by atoms with Crippen molar-refractivity contribution in [1.82, 2.24) is 9.88 Å². The minimum Gasteiger partial charge on any atom is -0.493 e. The summed E-state index contributed by atoms with van der Waals surface area (Å²) in [6.07, 6.45) is 1.84. The molecule has 1 fully saturated rings. The lowest BCUT2D eigenvalue weighted by Crippen LogP contribution is -2.29. The second kappa shape index (κ2) is 6.83. The molecular formula is C20H23N3O2S. The quantitative estimate of drug-likeness (QED) is 0.815. The van der Waals surface area contributed by atoms with E-state index in [2.05, 4.69) is 35.9 Å². The molecule has 2 aliphatic heterocycles. The van der Waals surface area contributed by atoms with E-state index in [1.165, 1.54) is 11.1 Å². The molecule has 0 aliphatic carbocycles. The van der Waals surface area contributed by atoms with E-state index in [0.717, 1.165) is 28.9 Å². The fourth-order valence-corrected chi connectivity index (χ4v) is 4.86. The van der Waals surface area contributed by atoms with Crippen LogP contribution in [0.4, 0.5) is 0 Å². The van der Waals surface area contributed by atoms with Gasteiger partial charge >= 0.3 is 0 Å². The minimum absolute atomic E-state index is 0.0111. The third-order valence-corrected chi connectivity index (χ3v) is 6.07. The molecular weight excluding hydrogens is 346 g/mol. The molecule has 1 saturated heterocycles. The number of pyridine rings is 1. The number of aryl methyl sites for hydroxylation is 1. The second-order valence-corrected chi connectivity index (χ2v) is 8.11. The number of fused-ring (bicyclic) bond motifs is 1. The number of aliphatic imine (C=N–C) groups is 1. The van der Waals surface area contributed by atoms with Crippen molar-refractivity contribution in [3.63, 3.8) is 0 Å². The van der Waals surface area contributed by atoms with Gasteiger partial charge in [0.1, 0.15) is 6.04 Å². The van der Waals surface area contributed by atoms with Crippen molar-refractivity contribution in [2.24, 2.45) is 4.99 Å². The number of amidine groups is 1. The molecule has 0 radical (unpaired) electrons. The van der Waals surface area contributed by atoms with Crippen LogP contribution in [0.2, 0.25) is 0 Å². The summed E-state index contributed by atoms with van der Waals surface area (Å²) in [7, 11) is 3.35. The Morgan fingerprint density at radius 1 is 1.15 bits per heavy atom. The average molecular weight is 369 g/mol. The van der Waals surface area contributed by atoms with Gasteiger partial charge in [-0.25, -0.2) is 0 Å². The number of ether oxygens (including phenoxy) is 2. The zero-order valence-electron chi connectivity index (χ0n) is 15.5. The van der Waals surface area contributed by atoms with E-state index in [4.69, 9.17) is 14.5 Å². The van der Waals surface area contributed by atoms with Gasteiger partial charge in [0.2, 0.25) is 0 Å². The largest absolute Gasteiger partial charge is 0.493 e. The van der Waals surface area contributed by atoms with Gasteiger partial charge in [-0.3, -0.25) is 9.98 Å². The summed E-state index contributed by atoms with van der Waals surface area (Å²) in [6.45, 7) is 5.36. The van der Waals surface area contributed by atoms with Gasteiger partial charge < -0.3 is 14.4 Å². The van der Waals surface area contributed by atoms with Crippen LogP contribution in [0.3, 0.4) is 0 Å². The van der Waals surface area contributed by atoms with E-state index in [1.807, 2.05) is 36.2 Å². The summed E-state index contributed by atoms with van der Waals surface area (Å²) >= 11 is 1.85. The fraction of sp³-hybridized carbons (Fsp3) is 0.400. The van der Waals surface area contributed by atoms with Gasteiger partial charge in [-0.05, 0) is 42.3 Å². The van der Waals surface area contributed by atoms with Crippen LogP contribution < -0.4 is 9.47 Å². The van der Waals surface area contributed by atoms with Gasteiger partial charge in [0, 0.05) is 18.0 Å². The van der Waals surface area contributed by atoms with E-state index in [9.17, 15) is 0 Å². The number of benzene rings is 1. The SMILES string of the molecule is COc1cc(C)c([C@H]2[C@@H](c3ccccn3)N=C3S[C@@H](C)CN32)cc1OC. The number of rotatable bonds is 4. The molecule has 1 aromatic carbocycles. The van der Waals surface area contributed by atoms with Crippen LogP contribution in [0, 0.1) is 6.92 Å². The molecule has 0 spiro atoms. The first kappa shape index (κ1) is 17.2. The third-order valence-electron chi connectivity index (χ3n) is 4.97. The van der Waals surface area contributed by atoms with Crippen LogP contribution in [0.25, 0.3) is 0 Å². The van der Waals surface area contributed by atoms with Gasteiger partial charge in [0.25, 0.3) is 0 Å². The highest BCUT2D eigenvalue weighted by Crippen LogP contribution is 2.49. The molecule has 2 aliphatic rings. The molecule has 3 heterocycles. The number of methoxy groups -OCH3 is 2. The first-order valence-electron chi connectivity index (χ1n) is 8.77. The van der Waals surface area contributed by atoms with Crippen LogP contribution in [-0.2, 0) is 0 Å². The van der Waals surface area contributed by atoms with Crippen molar-refractivity contribution in [2.75, 3.05) is 20.8 Å². The van der Waals surface area contributed by atoms with E-state index < -0.39 is 0 Å². The van der Waals surface area contributed by atoms with Crippen LogP contribution >= 0.6 is 11.8 Å². The summed E-state index contributed by atoms with van der Waals surface area (Å²) in [4.78, 5) is 12.0. The lowest BCUT2D eigenvalue weighted by atomic mass is 9.92. The highest BCUT2D eigenvalue weighted by Gasteiger charge is 2.44. The molecule has 5 nitrogen and oxygen atoms in total. The van der Waals surface area contributed by atoms with Gasteiger partial charge in [-0.15, -0.1) is 0 Å². The van der Waals surface area contributed by atoms with Crippen LogP contribution in [0.1, 0.15) is 35.8 Å². The normalized spacial score (nSPS) is 24.4. The standard InChI is InChI=1S/C20H23N3O2S/c1-12-9-16(24-3)17(25-4)10-14(12)19-18(15-7-5-6-8-21-15)22-20-23(19)11-13(2)26-20/h5-10,13,18-19H,11H2,1-4H3/t13-,18+,19-/m0/s1. The van der Waals surface area contributed by atoms with Gasteiger partial charge in [0.05, 0.1) is 26.0 Å². The van der Waals surface area contributed by atoms with Gasteiger partial charge in [-0.1, -0.05) is 24.8 Å². The van der Waals surface area contributed by atoms with Crippen molar-refractivity contribution in [3.05, 3.63) is 53.3 Å². The van der Waals surface area contributed by atoms with E-state index in [1.54, 1.807) is 14.2 Å². The molecule has 1 aromatic heterocycles. The number of nitrogens with zero attached hydrogens (tertiary/aromatic N) is 3. The maximum atomic E-state index is 5.56. The minimum atomic E-state index is -0.0111. The number of hydrogen-bond donors (Lipinski definition) is 0. The Hall–Kier alpha value is -2.21. The van der Waals surface area contributed by atoms with Gasteiger partial charge in [0.15, 0.2) is 16.7 Å². The Kier molecular flexibility index (Phi) is 4.53. The van der Waals surface area contributed by atoms with Crippen molar-refractivity contribution in [2.45, 2.75) is 31.2 Å². The molecule has 6 heteroatoms. The molecule has 4 rings (SSSR count). The highest BCUT2D eigenvalue weighted by atomic mass is 32.2. The predicted octanol–water partition coefficient (Wildman–Crippen LogP) is 4.00. The lowest BCUT2D eigenvalue weighted by molar-refractivity contribution is 0.316. The van der Waals surface area contributed by atoms with Crippen LogP contribution in [-0.4, -0.2) is 41.1 Å². The molecule has 3 atom stereocenters. The average Bonchev–Trinajstić information content (AvgIpc) is 3.18. The Morgan fingerprint density at radius 2 is 1.92 bits per heavy atom. The summed E-state index contributed by atoms with van der Waals surface area (Å²) in [5.74, 6) is 1.51. The molecule has 0 bridgehead atoms. The number of aromatic nitrogens is 1. The smallest absolute Gasteiger partial charge is 0.161 e. The van der Waals surface area contributed by atoms with E-state index >= 15 is 0 Å². The zero-order valence-corrected chi connectivity index (χ0v) is 16.3. The molecule has 136 valence electrons. The molecule has 0 N–H and O–H groups in total. The van der Waals surface area contributed by atoms with Crippen molar-refractivity contribution >= 4 is 16.9 Å². The third kappa shape index (κ3) is 2.82. The van der Waals surface area contributed by atoms with E-state index in [0.29, 0.717) is 5.25 Å². The maximum absolute atomic E-state index is 5.56. The van der Waals surface area contributed by atoms with Gasteiger partial charge in [-0.2, -0.15) is 0 Å². The Morgan fingerprint density at radius 3 is 2.62 bits per heavy atom. The summed E-state index contributed by atoms with van der Waals surface area (Å²) in [5, 5.41) is 1.66. The van der Waals surface area contributed by atoms with Crippen molar-refractivity contribution < 1.29 is 9.47 Å². The second-order valence-electron chi connectivity index (χ2n) is 6.70. The van der Waals surface area contributed by atoms with Crippen molar-refractivity contribution in [3.8, 4) is 11.5 Å². The zero-order chi connectivity index (χ0) is 18.3. The highest BCUT2D eigenvalue weighted by molar-refractivity contribution is 8.14. The first-order chi connectivity index (χ1) is 12.6.